The van der Waals surface area contributed by atoms with E-state index in [0.717, 1.165) is 18.1 Å². The number of hydrogen-bond acceptors (Lipinski definition) is 6. The molecular weight excluding hydrogens is 226 g/mol. The van der Waals surface area contributed by atoms with E-state index in [9.17, 15) is 0 Å². The van der Waals surface area contributed by atoms with Crippen LogP contribution in [0.5, 0.6) is 0 Å². The van der Waals surface area contributed by atoms with Crippen LogP contribution in [-0.2, 0) is 10.3 Å². The number of hydrogen-bond donors (Lipinski definition) is 1. The van der Waals surface area contributed by atoms with Gasteiger partial charge < -0.3 is 14.6 Å². The summed E-state index contributed by atoms with van der Waals surface area (Å²) >= 11 is 1.86. The molecule has 90 valence electrons. The van der Waals surface area contributed by atoms with Gasteiger partial charge in [-0.05, 0) is 20.9 Å². The Morgan fingerprint density at radius 3 is 2.94 bits per heavy atom. The molecular formula is C10H17N3O2S. The average Bonchev–Trinajstić information content (AvgIpc) is 2.80. The predicted octanol–water partition coefficient (Wildman–Crippen LogP) is 1.33. The van der Waals surface area contributed by atoms with Gasteiger partial charge in [0.25, 0.3) is 0 Å². The lowest BCUT2D eigenvalue weighted by atomic mass is 10.1. The number of ether oxygens (including phenoxy) is 1. The van der Waals surface area contributed by atoms with Crippen molar-refractivity contribution in [2.24, 2.45) is 0 Å². The molecule has 5 nitrogen and oxygen atoms in total. The van der Waals surface area contributed by atoms with Crippen molar-refractivity contribution in [2.45, 2.75) is 25.5 Å². The van der Waals surface area contributed by atoms with Crippen molar-refractivity contribution < 1.29 is 9.26 Å². The summed E-state index contributed by atoms with van der Waals surface area (Å²) < 4.78 is 10.9. The highest BCUT2D eigenvalue weighted by atomic mass is 32.2. The van der Waals surface area contributed by atoms with E-state index >= 15 is 0 Å². The molecule has 2 heterocycles. The van der Waals surface area contributed by atoms with Gasteiger partial charge in [-0.1, -0.05) is 5.16 Å². The Hall–Kier alpha value is -0.590. The van der Waals surface area contributed by atoms with Crippen molar-refractivity contribution in [1.82, 2.24) is 15.5 Å². The van der Waals surface area contributed by atoms with Crippen molar-refractivity contribution in [3.8, 4) is 0 Å². The minimum Gasteiger partial charge on any atom is -0.368 e. The molecule has 0 saturated carbocycles. The van der Waals surface area contributed by atoms with Gasteiger partial charge in [0, 0.05) is 11.5 Å². The first kappa shape index (κ1) is 11.9. The number of nitrogens with one attached hydrogen (secondary N) is 1. The lowest BCUT2D eigenvalue weighted by Gasteiger charge is -2.19. The van der Waals surface area contributed by atoms with E-state index < -0.39 is 0 Å². The Kier molecular flexibility index (Phi) is 3.51. The molecule has 0 spiro atoms. The first-order chi connectivity index (χ1) is 7.63. The highest BCUT2D eigenvalue weighted by molar-refractivity contribution is 7.99. The summed E-state index contributed by atoms with van der Waals surface area (Å²) in [5, 5.41) is 7.12. The predicted molar refractivity (Wildman–Crippen MR) is 62.4 cm³/mol. The molecule has 0 amide bonds. The molecule has 0 aliphatic carbocycles. The number of nitrogens with zero attached hydrogens (tertiary/aromatic N) is 2. The van der Waals surface area contributed by atoms with Crippen LogP contribution in [0.25, 0.3) is 0 Å². The van der Waals surface area contributed by atoms with Crippen LogP contribution >= 0.6 is 11.8 Å². The normalized spacial score (nSPS) is 22.3. The van der Waals surface area contributed by atoms with E-state index in [1.54, 1.807) is 0 Å². The van der Waals surface area contributed by atoms with Crippen LogP contribution < -0.4 is 5.32 Å². The molecule has 16 heavy (non-hydrogen) atoms. The highest BCUT2D eigenvalue weighted by Crippen LogP contribution is 2.26. The Morgan fingerprint density at radius 1 is 1.50 bits per heavy atom. The first-order valence-corrected chi connectivity index (χ1v) is 6.51. The van der Waals surface area contributed by atoms with Gasteiger partial charge in [-0.2, -0.15) is 16.7 Å². The highest BCUT2D eigenvalue weighted by Gasteiger charge is 2.28. The zero-order valence-corrected chi connectivity index (χ0v) is 10.6. The van der Waals surface area contributed by atoms with Crippen molar-refractivity contribution in [3.63, 3.8) is 0 Å². The summed E-state index contributed by atoms with van der Waals surface area (Å²) in [6, 6.07) is 0. The van der Waals surface area contributed by atoms with Crippen molar-refractivity contribution in [2.75, 3.05) is 25.2 Å². The maximum Gasteiger partial charge on any atom is 0.246 e. The number of aromatic nitrogens is 2. The fourth-order valence-electron chi connectivity index (χ4n) is 1.36. The largest absolute Gasteiger partial charge is 0.368 e. The van der Waals surface area contributed by atoms with Crippen molar-refractivity contribution in [3.05, 3.63) is 11.7 Å². The third kappa shape index (κ3) is 2.39. The minimum absolute atomic E-state index is 0.0242. The minimum atomic E-state index is -0.299. The third-order valence-corrected chi connectivity index (χ3v) is 3.70. The van der Waals surface area contributed by atoms with Gasteiger partial charge >= 0.3 is 0 Å². The van der Waals surface area contributed by atoms with E-state index in [1.807, 2.05) is 32.7 Å². The zero-order chi connectivity index (χ0) is 11.6. The molecule has 6 heteroatoms. The van der Waals surface area contributed by atoms with E-state index in [1.165, 1.54) is 0 Å². The quantitative estimate of drug-likeness (QED) is 0.864. The molecule has 2 rings (SSSR count). The summed E-state index contributed by atoms with van der Waals surface area (Å²) in [6.07, 6.45) is -0.0242. The maximum atomic E-state index is 5.60. The van der Waals surface area contributed by atoms with Crippen LogP contribution in [-0.4, -0.2) is 35.3 Å². The summed E-state index contributed by atoms with van der Waals surface area (Å²) in [5.74, 6) is 3.21. The van der Waals surface area contributed by atoms with Crippen LogP contribution in [0.4, 0.5) is 0 Å². The van der Waals surface area contributed by atoms with E-state index in [0.29, 0.717) is 11.7 Å². The van der Waals surface area contributed by atoms with Gasteiger partial charge in [0.2, 0.25) is 11.7 Å². The molecule has 0 bridgehead atoms. The Morgan fingerprint density at radius 2 is 2.31 bits per heavy atom. The topological polar surface area (TPSA) is 60.2 Å². The summed E-state index contributed by atoms with van der Waals surface area (Å²) in [4.78, 5) is 4.40. The lowest BCUT2D eigenvalue weighted by molar-refractivity contribution is 0.0677. The molecule has 1 aliphatic heterocycles. The molecule has 1 unspecified atom stereocenters. The average molecular weight is 243 g/mol. The van der Waals surface area contributed by atoms with Gasteiger partial charge in [-0.15, -0.1) is 0 Å². The molecule has 1 aromatic heterocycles. The van der Waals surface area contributed by atoms with Crippen molar-refractivity contribution >= 4 is 11.8 Å². The number of thioether (sulfide) groups is 1. The fourth-order valence-corrected chi connectivity index (χ4v) is 2.20. The summed E-state index contributed by atoms with van der Waals surface area (Å²) in [5.41, 5.74) is -0.299. The van der Waals surface area contributed by atoms with Crippen LogP contribution in [0.15, 0.2) is 4.52 Å². The van der Waals surface area contributed by atoms with Crippen LogP contribution in [0, 0.1) is 0 Å². The second-order valence-corrected chi connectivity index (χ2v) is 5.42. The summed E-state index contributed by atoms with van der Waals surface area (Å²) in [6.45, 7) is 4.76. The zero-order valence-electron chi connectivity index (χ0n) is 9.82. The standard InChI is InChI=1S/C10H17N3O2S/c1-10(2,11-3)9-12-8(13-15-9)7-6-16-5-4-14-7/h7,11H,4-6H2,1-3H3. The monoisotopic (exact) mass is 243 g/mol. The smallest absolute Gasteiger partial charge is 0.246 e. The van der Waals surface area contributed by atoms with E-state index in [2.05, 4.69) is 15.5 Å². The Labute approximate surface area is 99.3 Å². The van der Waals surface area contributed by atoms with Crippen molar-refractivity contribution in [1.29, 1.82) is 0 Å². The van der Waals surface area contributed by atoms with E-state index in [-0.39, 0.29) is 11.6 Å². The Balaban J connectivity index is 2.12. The molecule has 0 radical (unpaired) electrons. The fraction of sp³-hybridized carbons (Fsp3) is 0.800. The van der Waals surface area contributed by atoms with E-state index in [4.69, 9.17) is 9.26 Å². The molecule has 1 N–H and O–H groups in total. The molecule has 1 aliphatic rings. The second-order valence-electron chi connectivity index (χ2n) is 4.27. The molecule has 1 aromatic rings. The van der Waals surface area contributed by atoms with Gasteiger partial charge in [0.1, 0.15) is 6.10 Å². The van der Waals surface area contributed by atoms with Gasteiger partial charge in [-0.3, -0.25) is 0 Å². The van der Waals surface area contributed by atoms with Gasteiger partial charge in [-0.25, -0.2) is 0 Å². The number of rotatable bonds is 3. The maximum absolute atomic E-state index is 5.60. The van der Waals surface area contributed by atoms with Crippen LogP contribution in [0.2, 0.25) is 0 Å². The molecule has 0 aromatic carbocycles. The molecule has 1 atom stereocenters. The van der Waals surface area contributed by atoms with Crippen LogP contribution in [0.1, 0.15) is 31.7 Å². The Bertz CT molecular complexity index is 348. The third-order valence-electron chi connectivity index (χ3n) is 2.71. The van der Waals surface area contributed by atoms with Gasteiger partial charge in [0.15, 0.2) is 0 Å². The lowest BCUT2D eigenvalue weighted by Crippen LogP contribution is -2.33. The SMILES string of the molecule is CNC(C)(C)c1nc(C2CSCCO2)no1. The molecule has 1 fully saturated rings. The molecule has 1 saturated heterocycles. The van der Waals surface area contributed by atoms with Crippen LogP contribution in [0.3, 0.4) is 0 Å². The first-order valence-electron chi connectivity index (χ1n) is 5.36. The summed E-state index contributed by atoms with van der Waals surface area (Å²) in [7, 11) is 1.87. The van der Waals surface area contributed by atoms with Gasteiger partial charge in [0.05, 0.1) is 12.1 Å². The second kappa shape index (κ2) is 4.73.